The fourth-order valence-corrected chi connectivity index (χ4v) is 10.5. The van der Waals surface area contributed by atoms with Crippen molar-refractivity contribution in [3.63, 3.8) is 0 Å². The van der Waals surface area contributed by atoms with Crippen LogP contribution in [0.4, 0.5) is 88.4 Å². The van der Waals surface area contributed by atoms with E-state index in [0.29, 0.717) is 28.0 Å². The summed E-state index contributed by atoms with van der Waals surface area (Å²) in [6.07, 6.45) is -15.4. The lowest BCUT2D eigenvalue weighted by atomic mass is 10.1. The minimum absolute atomic E-state index is 0. The Morgan fingerprint density at radius 3 is 0.766 bits per heavy atom. The van der Waals surface area contributed by atoms with Crippen LogP contribution in [0.1, 0.15) is 162 Å². The molecule has 0 saturated heterocycles. The molecule has 0 amide bonds. The van der Waals surface area contributed by atoms with Crippen molar-refractivity contribution in [1.29, 1.82) is 0 Å². The monoisotopic (exact) mass is 1760 g/mol. The van der Waals surface area contributed by atoms with Crippen LogP contribution < -0.4 is 23.7 Å². The molecule has 124 heavy (non-hydrogen) atoms. The molecule has 0 heterocycles. The van der Waals surface area contributed by atoms with E-state index in [9.17, 15) is 79.0 Å². The van der Waals surface area contributed by atoms with E-state index in [4.69, 9.17) is 9.47 Å². The highest BCUT2D eigenvalue weighted by Gasteiger charge is 2.34. The molecule has 25 heteroatoms. The summed E-state index contributed by atoms with van der Waals surface area (Å²) in [6, 6.07) is 58.9. The Morgan fingerprint density at radius 1 is 0.258 bits per heavy atom. The Bertz CT molecular complexity index is 4710. The second-order valence-corrected chi connectivity index (χ2v) is 29.1. The smallest absolute Gasteiger partial charge is 0.496 e. The number of rotatable bonds is 11. The molecule has 0 radical (unpaired) electrons. The fourth-order valence-electron chi connectivity index (χ4n) is 10.5. The van der Waals surface area contributed by atoms with E-state index >= 15 is 0 Å². The van der Waals surface area contributed by atoms with Crippen LogP contribution in [0.2, 0.25) is 0 Å². The Kier molecular flexibility index (Phi) is 52.6. The molecule has 11 aromatic rings. The predicted molar refractivity (Wildman–Crippen MR) is 463 cm³/mol. The molecule has 11 aromatic carbocycles. The molecule has 0 unspecified atom stereocenters. The minimum Gasteiger partial charge on any atom is -0.496 e. The lowest BCUT2D eigenvalue weighted by molar-refractivity contribution is -0.274. The van der Waals surface area contributed by atoms with E-state index in [1.807, 2.05) is 148 Å². The highest BCUT2D eigenvalue weighted by Crippen LogP contribution is 2.35. The number of ether oxygens (including phenoxy) is 5. The number of methoxy groups -OCH3 is 1. The third-order valence-electron chi connectivity index (χ3n) is 17.8. The molecule has 682 valence electrons. The first-order valence-corrected chi connectivity index (χ1v) is 38.3. The molecule has 0 saturated carbocycles. The summed E-state index contributed by atoms with van der Waals surface area (Å²) < 4.78 is 239. The van der Waals surface area contributed by atoms with Crippen molar-refractivity contribution in [2.75, 3.05) is 14.0 Å². The average Bonchev–Trinajstić information content (AvgIpc) is 0.813. The standard InChI is InChI=1S/C9H9F3O.2C9H9F3.2C9H10F2O.C9H10F2.C9H11FO.2C9H11F.C9H12O.C9H12.2FH/c1-6-3-4-7(2)8(5-6)13-9(10,11)12;2*1-6-3-4-7(2)8(5-6)9(10,11)12;2*1-6-3-4-7(2)8(5-6)12-9(10)11;1-6-3-4-7(2)8(5-6)9(10)11;1-7-3-4-8(2)9(5-7)11-6-10;2*1-7-3-4-8(2)9(5-7)6-10;1-7-4-5-8(2)9(6-7)10-3;1-7-4-5-8(2)9(3)6-7;;/h3-5H,1-2H3;2*3-5H,1-2H3;2*3-5,9H,1-2H3;3-5,9H,1-2H3;3-5H,6H2,1-2H3;2*3-5H,6H2,1-2H3;4-6H,1-3H3;4-6H,1-3H3;2*1H. The van der Waals surface area contributed by atoms with E-state index in [1.54, 1.807) is 110 Å². The third-order valence-corrected chi connectivity index (χ3v) is 17.8. The summed E-state index contributed by atoms with van der Waals surface area (Å²) in [5, 5.41) is 0. The first-order valence-electron chi connectivity index (χ1n) is 38.3. The zero-order chi connectivity index (χ0) is 93.3. The normalized spacial score (nSPS) is 10.4. The molecule has 0 spiro atoms. The summed E-state index contributed by atoms with van der Waals surface area (Å²) >= 11 is 0. The van der Waals surface area contributed by atoms with Gasteiger partial charge in [-0.15, -0.1) is 13.2 Å². The molecule has 0 aromatic heterocycles. The van der Waals surface area contributed by atoms with Gasteiger partial charge in [-0.25, -0.2) is 22.0 Å². The van der Waals surface area contributed by atoms with Crippen molar-refractivity contribution in [2.45, 2.75) is 211 Å². The Morgan fingerprint density at radius 2 is 0.508 bits per heavy atom. The summed E-state index contributed by atoms with van der Waals surface area (Å²) in [6.45, 7) is 35.3. The van der Waals surface area contributed by atoms with E-state index in [0.717, 1.165) is 95.8 Å². The lowest BCUT2D eigenvalue weighted by Crippen LogP contribution is -2.17. The molecule has 0 fully saturated rings. The van der Waals surface area contributed by atoms with Crippen molar-refractivity contribution in [2.24, 2.45) is 0 Å². The Balaban J connectivity index is 0. The first-order chi connectivity index (χ1) is 56.6. The van der Waals surface area contributed by atoms with Crippen molar-refractivity contribution >= 4 is 0 Å². The van der Waals surface area contributed by atoms with Gasteiger partial charge in [0.2, 0.25) is 6.86 Å². The number of alkyl halides is 18. The van der Waals surface area contributed by atoms with Gasteiger partial charge in [0, 0.05) is 5.56 Å². The molecular formula is C99H116F20O5. The van der Waals surface area contributed by atoms with E-state index < -0.39 is 56.4 Å². The largest absolute Gasteiger partial charge is 0.573 e. The van der Waals surface area contributed by atoms with Crippen LogP contribution in [0.15, 0.2) is 200 Å². The van der Waals surface area contributed by atoms with Gasteiger partial charge >= 0.3 is 31.9 Å². The number of hydrogen-bond donors (Lipinski definition) is 0. The van der Waals surface area contributed by atoms with Crippen LogP contribution in [0.5, 0.6) is 28.7 Å². The molecular weight excluding hydrogens is 1650 g/mol. The second kappa shape index (κ2) is 56.7. The maximum absolute atomic E-state index is 12.2. The molecule has 0 atom stereocenters. The van der Waals surface area contributed by atoms with Crippen molar-refractivity contribution in [3.8, 4) is 28.7 Å². The molecule has 0 aliphatic rings. The van der Waals surface area contributed by atoms with Crippen LogP contribution in [0.25, 0.3) is 0 Å². The number of hydrogen-bond acceptors (Lipinski definition) is 5. The summed E-state index contributed by atoms with van der Waals surface area (Å²) in [4.78, 5) is 0. The van der Waals surface area contributed by atoms with Crippen molar-refractivity contribution in [3.05, 3.63) is 356 Å². The molecule has 5 nitrogen and oxygen atoms in total. The highest BCUT2D eigenvalue weighted by atomic mass is 19.4. The number of halogens is 20. The van der Waals surface area contributed by atoms with Gasteiger partial charge in [0.15, 0.2) is 0 Å². The second-order valence-electron chi connectivity index (χ2n) is 29.1. The summed E-state index contributed by atoms with van der Waals surface area (Å²) in [5.74, 6) is 1.98. The molecule has 11 rings (SSSR count). The fraction of sp³-hybridized carbons (Fsp3) is 0.333. The minimum atomic E-state index is -4.61. The van der Waals surface area contributed by atoms with E-state index in [-0.39, 0.29) is 56.7 Å². The van der Waals surface area contributed by atoms with Gasteiger partial charge in [-0.05, 0) is 307 Å². The van der Waals surface area contributed by atoms with Gasteiger partial charge in [0.25, 0.3) is 6.43 Å². The Labute approximate surface area is 718 Å². The maximum Gasteiger partial charge on any atom is 0.573 e. The van der Waals surface area contributed by atoms with Gasteiger partial charge in [-0.2, -0.15) is 43.9 Å². The molecule has 0 N–H and O–H groups in total. The zero-order valence-electron chi connectivity index (χ0n) is 74.6. The van der Waals surface area contributed by atoms with Gasteiger partial charge in [-0.3, -0.25) is 9.41 Å². The van der Waals surface area contributed by atoms with Crippen LogP contribution in [0.3, 0.4) is 0 Å². The summed E-state index contributed by atoms with van der Waals surface area (Å²) in [7, 11) is 1.70. The quantitative estimate of drug-likeness (QED) is 0.121. The molecule has 0 bridgehead atoms. The first kappa shape index (κ1) is 115. The van der Waals surface area contributed by atoms with Crippen LogP contribution >= 0.6 is 0 Å². The average molecular weight is 1770 g/mol. The maximum atomic E-state index is 12.2. The van der Waals surface area contributed by atoms with E-state index in [2.05, 4.69) is 72.2 Å². The van der Waals surface area contributed by atoms with Crippen molar-refractivity contribution in [1.82, 2.24) is 0 Å². The lowest BCUT2D eigenvalue weighted by Gasteiger charge is -2.11. The number of aryl methyl sites for hydroxylation is 23. The molecule has 0 aliphatic heterocycles. The van der Waals surface area contributed by atoms with Crippen LogP contribution in [-0.4, -0.2) is 33.6 Å². The third kappa shape index (κ3) is 46.5. The zero-order valence-corrected chi connectivity index (χ0v) is 74.6. The van der Waals surface area contributed by atoms with Gasteiger partial charge in [-0.1, -0.05) is 191 Å². The highest BCUT2D eigenvalue weighted by molar-refractivity contribution is 5.42. The van der Waals surface area contributed by atoms with Crippen molar-refractivity contribution < 1.29 is 112 Å². The molecule has 0 aliphatic carbocycles. The summed E-state index contributed by atoms with van der Waals surface area (Å²) in [5.41, 5.74) is 21.4. The van der Waals surface area contributed by atoms with Gasteiger partial charge in [0.05, 0.1) is 18.2 Å². The van der Waals surface area contributed by atoms with Crippen LogP contribution in [-0.2, 0) is 25.7 Å². The Hall–Kier alpha value is -11.0. The van der Waals surface area contributed by atoms with Gasteiger partial charge < -0.3 is 23.7 Å². The van der Waals surface area contributed by atoms with Crippen LogP contribution in [0, 0.1) is 159 Å². The predicted octanol–water partition coefficient (Wildman–Crippen LogP) is 32.3. The topological polar surface area (TPSA) is 46.2 Å². The number of benzene rings is 11. The van der Waals surface area contributed by atoms with E-state index in [1.165, 1.54) is 65.9 Å². The SMILES string of the molecule is COc1cc(C)ccc1C.Cc1ccc(C)c(C(F)(F)F)c1.Cc1ccc(C)c(C(F)(F)F)c1.Cc1ccc(C)c(C(F)F)c1.Cc1ccc(C)c(C)c1.Cc1ccc(C)c(CF)c1.Cc1ccc(C)c(CF)c1.Cc1ccc(C)c(OC(F)(F)F)c1.Cc1ccc(C)c(OC(F)F)c1.Cc1ccc(C)c(OC(F)F)c1.Cc1ccc(C)c(OCF)c1.F.F. The van der Waals surface area contributed by atoms with Gasteiger partial charge in [0.1, 0.15) is 42.1 Å².